The number of nitrogens with one attached hydrogen (secondary N) is 2. The van der Waals surface area contributed by atoms with Crippen molar-refractivity contribution in [3.05, 3.63) is 73.8 Å². The molecule has 32 heavy (non-hydrogen) atoms. The number of thiazole rings is 1. The molecule has 0 fully saturated rings. The second-order valence-electron chi connectivity index (χ2n) is 7.04. The van der Waals surface area contributed by atoms with Gasteiger partial charge in [0.1, 0.15) is 5.01 Å². The van der Waals surface area contributed by atoms with Gasteiger partial charge in [-0.05, 0) is 49.0 Å². The molecule has 0 saturated heterocycles. The molecule has 10 heteroatoms. The SMILES string of the molecule is COCCCn1c(=S)[nH]c2cc(C(=O)NCc3nc(-c4ccncc4)cs3)ccc2c1=O. The number of amides is 1. The zero-order chi connectivity index (χ0) is 22.5. The van der Waals surface area contributed by atoms with E-state index >= 15 is 0 Å². The maximum atomic E-state index is 12.8. The van der Waals surface area contributed by atoms with Crippen LogP contribution in [-0.4, -0.2) is 39.1 Å². The highest BCUT2D eigenvalue weighted by atomic mass is 32.1. The molecule has 0 spiro atoms. The summed E-state index contributed by atoms with van der Waals surface area (Å²) in [4.78, 5) is 37.1. The standard InChI is InChI=1S/C22H21N5O3S2/c1-30-10-2-9-27-21(29)16-4-3-15(11-17(16)26-22(27)31)20(28)24-12-19-25-18(13-32-19)14-5-7-23-8-6-14/h3-8,11,13H,2,9-10,12H2,1H3,(H,24,28)(H,26,31). The number of nitrogens with zero attached hydrogens (tertiary/aromatic N) is 3. The summed E-state index contributed by atoms with van der Waals surface area (Å²) < 4.78 is 6.88. The monoisotopic (exact) mass is 467 g/mol. The van der Waals surface area contributed by atoms with Crippen LogP contribution in [-0.2, 0) is 17.8 Å². The van der Waals surface area contributed by atoms with E-state index in [4.69, 9.17) is 17.0 Å². The van der Waals surface area contributed by atoms with Crippen LogP contribution in [0.25, 0.3) is 22.2 Å². The molecule has 3 heterocycles. The van der Waals surface area contributed by atoms with Gasteiger partial charge in [-0.25, -0.2) is 4.98 Å². The van der Waals surface area contributed by atoms with Gasteiger partial charge in [-0.3, -0.25) is 19.1 Å². The van der Waals surface area contributed by atoms with Crippen molar-refractivity contribution in [2.24, 2.45) is 0 Å². The molecule has 1 aromatic carbocycles. The molecule has 3 aromatic heterocycles. The summed E-state index contributed by atoms with van der Waals surface area (Å²) in [5.41, 5.74) is 2.61. The van der Waals surface area contributed by atoms with E-state index in [1.807, 2.05) is 17.5 Å². The van der Waals surface area contributed by atoms with Gasteiger partial charge in [-0.1, -0.05) is 0 Å². The smallest absolute Gasteiger partial charge is 0.262 e. The highest BCUT2D eigenvalue weighted by Gasteiger charge is 2.12. The first-order chi connectivity index (χ1) is 15.6. The van der Waals surface area contributed by atoms with Crippen molar-refractivity contribution in [2.75, 3.05) is 13.7 Å². The topological polar surface area (TPSA) is 102 Å². The average Bonchev–Trinajstić information content (AvgIpc) is 3.29. The van der Waals surface area contributed by atoms with E-state index in [0.29, 0.717) is 47.4 Å². The summed E-state index contributed by atoms with van der Waals surface area (Å²) in [6.07, 6.45) is 4.12. The fourth-order valence-electron chi connectivity index (χ4n) is 3.27. The lowest BCUT2D eigenvalue weighted by molar-refractivity contribution is 0.0951. The summed E-state index contributed by atoms with van der Waals surface area (Å²) in [6, 6.07) is 8.71. The number of pyridine rings is 1. The molecule has 164 valence electrons. The predicted molar refractivity (Wildman–Crippen MR) is 126 cm³/mol. The molecule has 0 radical (unpaired) electrons. The highest BCUT2D eigenvalue weighted by Crippen LogP contribution is 2.21. The second-order valence-corrected chi connectivity index (χ2v) is 8.37. The van der Waals surface area contributed by atoms with Gasteiger partial charge in [0.15, 0.2) is 4.77 Å². The maximum Gasteiger partial charge on any atom is 0.262 e. The van der Waals surface area contributed by atoms with Crippen LogP contribution in [0.5, 0.6) is 0 Å². The molecule has 0 atom stereocenters. The van der Waals surface area contributed by atoms with Gasteiger partial charge in [0.05, 0.1) is 23.1 Å². The first-order valence-corrected chi connectivity index (χ1v) is 11.2. The van der Waals surface area contributed by atoms with E-state index in [-0.39, 0.29) is 11.5 Å². The lowest BCUT2D eigenvalue weighted by atomic mass is 10.1. The quantitative estimate of drug-likeness (QED) is 0.304. The van der Waals surface area contributed by atoms with E-state index in [1.54, 1.807) is 37.7 Å². The maximum absolute atomic E-state index is 12.8. The van der Waals surface area contributed by atoms with E-state index < -0.39 is 0 Å². The summed E-state index contributed by atoms with van der Waals surface area (Å²) in [5.74, 6) is -0.254. The number of hydrogen-bond acceptors (Lipinski definition) is 7. The highest BCUT2D eigenvalue weighted by molar-refractivity contribution is 7.71. The van der Waals surface area contributed by atoms with Crippen LogP contribution in [0, 0.1) is 4.77 Å². The summed E-state index contributed by atoms with van der Waals surface area (Å²) in [7, 11) is 1.62. The Morgan fingerprint density at radius 2 is 2.09 bits per heavy atom. The Morgan fingerprint density at radius 1 is 1.28 bits per heavy atom. The number of H-pyrrole nitrogens is 1. The van der Waals surface area contributed by atoms with Crippen molar-refractivity contribution >= 4 is 40.4 Å². The molecule has 0 aliphatic carbocycles. The van der Waals surface area contributed by atoms with Crippen molar-refractivity contribution in [3.8, 4) is 11.3 Å². The molecule has 8 nitrogen and oxygen atoms in total. The number of aromatic amines is 1. The van der Waals surface area contributed by atoms with Crippen molar-refractivity contribution < 1.29 is 9.53 Å². The van der Waals surface area contributed by atoms with Gasteiger partial charge in [0, 0.05) is 49.2 Å². The van der Waals surface area contributed by atoms with Gasteiger partial charge in [-0.15, -0.1) is 11.3 Å². The number of carbonyl (C=O) groups excluding carboxylic acids is 1. The Hall–Kier alpha value is -3.21. The van der Waals surface area contributed by atoms with Crippen LogP contribution in [0.4, 0.5) is 0 Å². The van der Waals surface area contributed by atoms with E-state index in [2.05, 4.69) is 20.3 Å². The largest absolute Gasteiger partial charge is 0.385 e. The third-order valence-electron chi connectivity index (χ3n) is 4.90. The minimum Gasteiger partial charge on any atom is -0.385 e. The minimum atomic E-state index is -0.254. The molecule has 0 unspecified atom stereocenters. The number of rotatable bonds is 8. The van der Waals surface area contributed by atoms with Crippen LogP contribution in [0.15, 0.2) is 52.9 Å². The number of methoxy groups -OCH3 is 1. The van der Waals surface area contributed by atoms with E-state index in [9.17, 15) is 9.59 Å². The molecule has 4 rings (SSSR count). The van der Waals surface area contributed by atoms with Crippen LogP contribution in [0.2, 0.25) is 0 Å². The minimum absolute atomic E-state index is 0.182. The number of fused-ring (bicyclic) bond motifs is 1. The third kappa shape index (κ3) is 4.82. The number of benzene rings is 1. The fraction of sp³-hybridized carbons (Fsp3) is 0.227. The van der Waals surface area contributed by atoms with Gasteiger partial charge in [0.25, 0.3) is 11.5 Å². The Morgan fingerprint density at radius 3 is 2.88 bits per heavy atom. The summed E-state index contributed by atoms with van der Waals surface area (Å²) >= 11 is 6.82. The van der Waals surface area contributed by atoms with Crippen LogP contribution in [0.3, 0.4) is 0 Å². The molecule has 4 aromatic rings. The Labute approximate surface area is 192 Å². The second kappa shape index (κ2) is 9.94. The normalized spacial score (nSPS) is 11.0. The zero-order valence-electron chi connectivity index (χ0n) is 17.3. The Bertz CT molecular complexity index is 1360. The van der Waals surface area contributed by atoms with Crippen LogP contribution in [0.1, 0.15) is 21.8 Å². The van der Waals surface area contributed by atoms with Gasteiger partial charge < -0.3 is 15.0 Å². The first kappa shape index (κ1) is 22.0. The summed E-state index contributed by atoms with van der Waals surface area (Å²) in [5, 5.41) is 6.10. The number of aromatic nitrogens is 4. The van der Waals surface area contributed by atoms with Crippen molar-refractivity contribution in [2.45, 2.75) is 19.5 Å². The fourth-order valence-corrected chi connectivity index (χ4v) is 4.30. The molecule has 0 aliphatic heterocycles. The summed E-state index contributed by atoms with van der Waals surface area (Å²) in [6.45, 7) is 1.32. The van der Waals surface area contributed by atoms with Crippen LogP contribution >= 0.6 is 23.6 Å². The average molecular weight is 468 g/mol. The molecule has 2 N–H and O–H groups in total. The Kier molecular flexibility index (Phi) is 6.84. The molecule has 0 aliphatic rings. The first-order valence-electron chi connectivity index (χ1n) is 9.95. The third-order valence-corrected chi connectivity index (χ3v) is 6.07. The van der Waals surface area contributed by atoms with Gasteiger partial charge >= 0.3 is 0 Å². The number of ether oxygens (including phenoxy) is 1. The lowest BCUT2D eigenvalue weighted by Gasteiger charge is -2.09. The van der Waals surface area contributed by atoms with Crippen molar-refractivity contribution in [3.63, 3.8) is 0 Å². The Balaban J connectivity index is 1.48. The molecular formula is C22H21N5O3S2. The molecule has 0 saturated carbocycles. The molecule has 0 bridgehead atoms. The lowest BCUT2D eigenvalue weighted by Crippen LogP contribution is -2.24. The van der Waals surface area contributed by atoms with E-state index in [0.717, 1.165) is 16.3 Å². The van der Waals surface area contributed by atoms with E-state index in [1.165, 1.54) is 15.9 Å². The molecule has 1 amide bonds. The number of hydrogen-bond donors (Lipinski definition) is 2. The van der Waals surface area contributed by atoms with Gasteiger partial charge in [-0.2, -0.15) is 0 Å². The number of carbonyl (C=O) groups is 1. The van der Waals surface area contributed by atoms with Gasteiger partial charge in [0.2, 0.25) is 0 Å². The zero-order valence-corrected chi connectivity index (χ0v) is 19.0. The van der Waals surface area contributed by atoms with Crippen LogP contribution < -0.4 is 10.9 Å². The van der Waals surface area contributed by atoms with Crippen molar-refractivity contribution in [1.82, 2.24) is 24.8 Å². The molecular weight excluding hydrogens is 446 g/mol. The van der Waals surface area contributed by atoms with Crippen molar-refractivity contribution in [1.29, 1.82) is 0 Å². The predicted octanol–water partition coefficient (Wildman–Crippen LogP) is 3.54.